The van der Waals surface area contributed by atoms with Crippen molar-refractivity contribution >= 4 is 5.97 Å². The molecular formula is C30H42O7. The number of carbonyl (C=O) groups is 1. The number of esters is 1. The molecule has 0 saturated heterocycles. The molecule has 0 fully saturated rings. The zero-order valence-corrected chi connectivity index (χ0v) is 22.0. The van der Waals surface area contributed by atoms with Crippen molar-refractivity contribution in [1.82, 2.24) is 0 Å². The molecule has 37 heavy (non-hydrogen) atoms. The van der Waals surface area contributed by atoms with Crippen molar-refractivity contribution in [1.29, 1.82) is 0 Å². The zero-order valence-electron chi connectivity index (χ0n) is 22.0. The zero-order chi connectivity index (χ0) is 26.6. The molecule has 7 heteroatoms. The number of aliphatic hydroxyl groups excluding tert-OH is 2. The fourth-order valence-corrected chi connectivity index (χ4v) is 4.69. The Balaban J connectivity index is 1.70. The van der Waals surface area contributed by atoms with E-state index in [0.717, 1.165) is 31.3 Å². The van der Waals surface area contributed by atoms with Crippen LogP contribution in [0.5, 0.6) is 0 Å². The van der Waals surface area contributed by atoms with Crippen LogP contribution in [0.25, 0.3) is 0 Å². The molecule has 0 radical (unpaired) electrons. The Morgan fingerprint density at radius 3 is 2.81 bits per heavy atom. The topological polar surface area (TPSA) is 94.5 Å². The summed E-state index contributed by atoms with van der Waals surface area (Å²) in [6, 6.07) is 0. The van der Waals surface area contributed by atoms with Crippen LogP contribution in [0.2, 0.25) is 0 Å². The minimum Gasteiger partial charge on any atom is -0.456 e. The number of fused-ring (bicyclic) bond motifs is 2. The van der Waals surface area contributed by atoms with Gasteiger partial charge in [-0.05, 0) is 45.4 Å². The van der Waals surface area contributed by atoms with Gasteiger partial charge >= 0.3 is 5.97 Å². The third-order valence-corrected chi connectivity index (χ3v) is 6.81. The van der Waals surface area contributed by atoms with Crippen molar-refractivity contribution in [3.8, 4) is 0 Å². The fourth-order valence-electron chi connectivity index (χ4n) is 4.69. The van der Waals surface area contributed by atoms with Crippen LogP contribution in [0, 0.1) is 0 Å². The van der Waals surface area contributed by atoms with Gasteiger partial charge in [-0.3, -0.25) is 0 Å². The van der Waals surface area contributed by atoms with Gasteiger partial charge in [0, 0.05) is 19.6 Å². The van der Waals surface area contributed by atoms with Crippen molar-refractivity contribution in [2.24, 2.45) is 0 Å². The third kappa shape index (κ3) is 10.2. The predicted octanol–water partition coefficient (Wildman–Crippen LogP) is 4.27. The first-order valence-electron chi connectivity index (χ1n) is 13.2. The Kier molecular flexibility index (Phi) is 12.0. The largest absolute Gasteiger partial charge is 0.456 e. The minimum absolute atomic E-state index is 0.0874. The van der Waals surface area contributed by atoms with E-state index in [1.165, 1.54) is 11.6 Å². The molecule has 0 spiro atoms. The summed E-state index contributed by atoms with van der Waals surface area (Å²) in [5.74, 6) is -0.542. The maximum absolute atomic E-state index is 12.6. The van der Waals surface area contributed by atoms with E-state index in [2.05, 4.69) is 13.5 Å². The second-order valence-corrected chi connectivity index (χ2v) is 9.99. The van der Waals surface area contributed by atoms with E-state index >= 15 is 0 Å². The molecule has 0 aromatic carbocycles. The van der Waals surface area contributed by atoms with Crippen molar-refractivity contribution in [3.63, 3.8) is 0 Å². The molecule has 7 atom stereocenters. The van der Waals surface area contributed by atoms with Gasteiger partial charge in [0.05, 0.1) is 31.0 Å². The van der Waals surface area contributed by atoms with Crippen LogP contribution in [0.15, 0.2) is 72.4 Å². The summed E-state index contributed by atoms with van der Waals surface area (Å²) in [5.41, 5.74) is 2.20. The lowest BCUT2D eigenvalue weighted by Gasteiger charge is -2.31. The van der Waals surface area contributed by atoms with Crippen molar-refractivity contribution in [2.75, 3.05) is 13.7 Å². The second-order valence-electron chi connectivity index (χ2n) is 9.99. The van der Waals surface area contributed by atoms with E-state index in [-0.39, 0.29) is 30.8 Å². The molecule has 0 saturated carbocycles. The first kappa shape index (κ1) is 29.3. The first-order valence-corrected chi connectivity index (χ1v) is 13.2. The van der Waals surface area contributed by atoms with E-state index in [9.17, 15) is 15.0 Å². The molecule has 0 amide bonds. The summed E-state index contributed by atoms with van der Waals surface area (Å²) in [6.45, 7) is 6.71. The van der Waals surface area contributed by atoms with E-state index in [1.807, 2.05) is 24.3 Å². The van der Waals surface area contributed by atoms with Crippen LogP contribution < -0.4 is 0 Å². The molecule has 7 nitrogen and oxygen atoms in total. The van der Waals surface area contributed by atoms with Gasteiger partial charge in [-0.25, -0.2) is 4.79 Å². The number of cyclic esters (lactones) is 1. The van der Waals surface area contributed by atoms with Crippen LogP contribution >= 0.6 is 0 Å². The van der Waals surface area contributed by atoms with Gasteiger partial charge in [-0.2, -0.15) is 0 Å². The Hall–Kier alpha value is -2.29. The lowest BCUT2D eigenvalue weighted by atomic mass is 9.98. The molecule has 3 heterocycles. The van der Waals surface area contributed by atoms with Gasteiger partial charge in [0.25, 0.3) is 0 Å². The molecule has 2 N–H and O–H groups in total. The van der Waals surface area contributed by atoms with Gasteiger partial charge in [-0.15, -0.1) is 0 Å². The highest BCUT2D eigenvalue weighted by Gasteiger charge is 2.27. The van der Waals surface area contributed by atoms with Gasteiger partial charge in [0.2, 0.25) is 0 Å². The monoisotopic (exact) mass is 514 g/mol. The molecule has 204 valence electrons. The van der Waals surface area contributed by atoms with Crippen LogP contribution in [0.3, 0.4) is 0 Å². The summed E-state index contributed by atoms with van der Waals surface area (Å²) in [7, 11) is 1.67. The molecule has 3 aliphatic heterocycles. The quantitative estimate of drug-likeness (QED) is 0.427. The smallest absolute Gasteiger partial charge is 0.330 e. The van der Waals surface area contributed by atoms with Crippen LogP contribution in [0.4, 0.5) is 0 Å². The number of hydrogen-bond acceptors (Lipinski definition) is 7. The number of aliphatic hydroxyl groups is 2. The maximum atomic E-state index is 12.6. The molecule has 2 bridgehead atoms. The Labute approximate surface area is 220 Å². The highest BCUT2D eigenvalue weighted by Crippen LogP contribution is 2.24. The maximum Gasteiger partial charge on any atom is 0.330 e. The lowest BCUT2D eigenvalue weighted by molar-refractivity contribution is -0.147. The molecule has 7 unspecified atom stereocenters. The number of rotatable bonds is 4. The van der Waals surface area contributed by atoms with E-state index in [4.69, 9.17) is 18.9 Å². The first-order chi connectivity index (χ1) is 17.8. The SMILES string of the molecule is C=C1CCCC2OC(C=CC2OC)C/C=C\C(=O)OC(C(O)C=CC2CC(C)=CCO2)C/C=C\C(O)C1. The summed E-state index contributed by atoms with van der Waals surface area (Å²) in [6.07, 6.45) is 17.4. The van der Waals surface area contributed by atoms with Crippen molar-refractivity contribution in [2.45, 2.75) is 94.6 Å². The van der Waals surface area contributed by atoms with Crippen LogP contribution in [-0.2, 0) is 23.7 Å². The highest BCUT2D eigenvalue weighted by molar-refractivity contribution is 5.82. The van der Waals surface area contributed by atoms with Gasteiger partial charge in [0.1, 0.15) is 18.3 Å². The Bertz CT molecular complexity index is 900. The van der Waals surface area contributed by atoms with Gasteiger partial charge < -0.3 is 29.2 Å². The van der Waals surface area contributed by atoms with Crippen LogP contribution in [0.1, 0.15) is 51.9 Å². The predicted molar refractivity (Wildman–Crippen MR) is 143 cm³/mol. The second kappa shape index (κ2) is 15.2. The summed E-state index contributed by atoms with van der Waals surface area (Å²) >= 11 is 0. The lowest BCUT2D eigenvalue weighted by Crippen LogP contribution is -2.36. The van der Waals surface area contributed by atoms with Crippen LogP contribution in [-0.4, -0.2) is 72.6 Å². The van der Waals surface area contributed by atoms with E-state index in [0.29, 0.717) is 19.4 Å². The van der Waals surface area contributed by atoms with E-state index in [1.54, 1.807) is 31.4 Å². The van der Waals surface area contributed by atoms with Crippen molar-refractivity contribution < 1.29 is 34.0 Å². The molecule has 0 aliphatic carbocycles. The van der Waals surface area contributed by atoms with Crippen molar-refractivity contribution in [3.05, 3.63) is 72.4 Å². The molecular weight excluding hydrogens is 472 g/mol. The standard InChI is InChI=1S/C30H42O7/c1-21-7-4-11-29-28(34-3)16-14-24(36-29)9-6-12-30(33)37-27(10-5-8-23(31)19-21)26(32)15-13-25-20-22(2)17-18-35-25/h5-6,8,12-17,23-29,31-32H,1,4,7,9-11,18-20H2,2-3H3/b8-5-,12-6-,15-13?. The highest BCUT2D eigenvalue weighted by atomic mass is 16.6. The summed E-state index contributed by atoms with van der Waals surface area (Å²) in [4.78, 5) is 12.6. The fraction of sp³-hybridized carbons (Fsp3) is 0.567. The number of hydrogen-bond donors (Lipinski definition) is 2. The number of ether oxygens (including phenoxy) is 4. The minimum atomic E-state index is -1.02. The summed E-state index contributed by atoms with van der Waals surface area (Å²) in [5, 5.41) is 21.3. The average molecular weight is 515 g/mol. The Morgan fingerprint density at radius 1 is 1.19 bits per heavy atom. The van der Waals surface area contributed by atoms with E-state index < -0.39 is 24.3 Å². The molecule has 3 aliphatic rings. The molecule has 0 aromatic rings. The third-order valence-electron chi connectivity index (χ3n) is 6.81. The molecule has 3 rings (SSSR count). The number of methoxy groups -OCH3 is 1. The normalized spacial score (nSPS) is 35.2. The average Bonchev–Trinajstić information content (AvgIpc) is 2.86. The Morgan fingerprint density at radius 2 is 2.03 bits per heavy atom. The molecule has 0 aromatic heterocycles. The van der Waals surface area contributed by atoms with Gasteiger partial charge in [0.15, 0.2) is 0 Å². The summed E-state index contributed by atoms with van der Waals surface area (Å²) < 4.78 is 23.1. The van der Waals surface area contributed by atoms with Gasteiger partial charge in [-0.1, -0.05) is 66.3 Å². The number of carbonyl (C=O) groups excluding carboxylic acids is 1.